The van der Waals surface area contributed by atoms with Gasteiger partial charge in [0.25, 0.3) is 0 Å². The van der Waals surface area contributed by atoms with E-state index in [0.29, 0.717) is 18.2 Å². The van der Waals surface area contributed by atoms with E-state index in [9.17, 15) is 36.4 Å². The average Bonchev–Trinajstić information content (AvgIpc) is 3.04. The molecule has 0 saturated carbocycles. The smallest absolute Gasteiger partial charge is 0.349 e. The molecule has 2 aliphatic rings. The molecule has 2 heterocycles. The minimum atomic E-state index is -4.77. The van der Waals surface area contributed by atoms with Crippen LogP contribution in [0.4, 0.5) is 8.78 Å². The third kappa shape index (κ3) is 2.21. The van der Waals surface area contributed by atoms with E-state index in [1.54, 1.807) is 0 Å². The van der Waals surface area contributed by atoms with Gasteiger partial charge in [-0.1, -0.05) is 0 Å². The van der Waals surface area contributed by atoms with Gasteiger partial charge >= 0.3 is 23.9 Å². The summed E-state index contributed by atoms with van der Waals surface area (Å²) >= 11 is 0. The van der Waals surface area contributed by atoms with E-state index >= 15 is 0 Å². The molecule has 2 aromatic carbocycles. The van der Waals surface area contributed by atoms with Crippen LogP contribution in [-0.2, 0) is 19.3 Å². The largest absolute Gasteiger partial charge is 0.386 e. The van der Waals surface area contributed by atoms with Gasteiger partial charge in [0.1, 0.15) is 21.8 Å². The highest BCUT2D eigenvalue weighted by Gasteiger charge is 2.39. The zero-order chi connectivity index (χ0) is 19.7. The van der Waals surface area contributed by atoms with Gasteiger partial charge in [0.05, 0.1) is 16.0 Å². The van der Waals surface area contributed by atoms with Crippen LogP contribution in [0, 0.1) is 11.6 Å². The van der Waals surface area contributed by atoms with Crippen LogP contribution in [0.2, 0.25) is 0 Å². The van der Waals surface area contributed by atoms with E-state index in [0.717, 1.165) is 6.07 Å². The number of carbonyl (C=O) groups is 4. The lowest BCUT2D eigenvalue weighted by Gasteiger charge is -2.08. The summed E-state index contributed by atoms with van der Waals surface area (Å²) in [5, 5.41) is 0. The third-order valence-electron chi connectivity index (χ3n) is 3.99. The van der Waals surface area contributed by atoms with Crippen LogP contribution in [0.5, 0.6) is 0 Å². The van der Waals surface area contributed by atoms with Crippen LogP contribution in [-0.4, -0.2) is 32.3 Å². The number of cyclic esters (lactones) is 4. The topological polar surface area (TPSA) is 121 Å². The summed E-state index contributed by atoms with van der Waals surface area (Å²) in [5.41, 5.74) is -2.68. The van der Waals surface area contributed by atoms with Gasteiger partial charge in [-0.15, -0.1) is 0 Å². The van der Waals surface area contributed by atoms with Crippen LogP contribution in [0.3, 0.4) is 0 Å². The molecular weight excluding hydrogens is 390 g/mol. The first-order valence-corrected chi connectivity index (χ1v) is 8.55. The molecule has 0 aromatic heterocycles. The second-order valence-corrected chi connectivity index (χ2v) is 7.40. The normalized spacial score (nSPS) is 15.5. The molecule has 136 valence electrons. The minimum absolute atomic E-state index is 0.421. The molecule has 2 aliphatic heterocycles. The zero-order valence-electron chi connectivity index (χ0n) is 12.7. The Kier molecular flexibility index (Phi) is 3.31. The average molecular weight is 394 g/mol. The number of sulfone groups is 1. The fourth-order valence-corrected chi connectivity index (χ4v) is 4.12. The molecule has 0 atom stereocenters. The van der Waals surface area contributed by atoms with Crippen molar-refractivity contribution in [2.75, 3.05) is 0 Å². The molecule has 0 aliphatic carbocycles. The van der Waals surface area contributed by atoms with E-state index in [1.807, 2.05) is 0 Å². The van der Waals surface area contributed by atoms with E-state index in [2.05, 4.69) is 9.47 Å². The third-order valence-corrected chi connectivity index (χ3v) is 5.74. The molecular formula is C16H4F2O8S. The number of hydrogen-bond acceptors (Lipinski definition) is 8. The zero-order valence-corrected chi connectivity index (χ0v) is 13.6. The molecule has 8 nitrogen and oxygen atoms in total. The molecule has 2 aromatic rings. The van der Waals surface area contributed by atoms with E-state index in [-0.39, 0.29) is 0 Å². The molecule has 0 fully saturated rings. The van der Waals surface area contributed by atoms with Gasteiger partial charge in [-0.05, 0) is 24.3 Å². The molecule has 0 radical (unpaired) electrons. The number of esters is 4. The molecule has 0 bridgehead atoms. The summed E-state index contributed by atoms with van der Waals surface area (Å²) in [5.74, 6) is -7.93. The summed E-state index contributed by atoms with van der Waals surface area (Å²) in [6.45, 7) is 0. The van der Waals surface area contributed by atoms with Crippen LogP contribution >= 0.6 is 0 Å². The first kappa shape index (κ1) is 17.0. The highest BCUT2D eigenvalue weighted by Crippen LogP contribution is 2.33. The Morgan fingerprint density at radius 1 is 0.741 bits per heavy atom. The summed E-state index contributed by atoms with van der Waals surface area (Å²) in [6.07, 6.45) is 0. The Morgan fingerprint density at radius 2 is 1.33 bits per heavy atom. The van der Waals surface area contributed by atoms with Gasteiger partial charge in [-0.2, -0.15) is 0 Å². The molecule has 0 amide bonds. The lowest BCUT2D eigenvalue weighted by atomic mass is 10.1. The Morgan fingerprint density at radius 3 is 2.00 bits per heavy atom. The van der Waals surface area contributed by atoms with Gasteiger partial charge < -0.3 is 9.47 Å². The maximum Gasteiger partial charge on any atom is 0.349 e. The van der Waals surface area contributed by atoms with Crippen molar-refractivity contribution >= 4 is 33.7 Å². The fourth-order valence-electron chi connectivity index (χ4n) is 2.75. The predicted molar refractivity (Wildman–Crippen MR) is 77.7 cm³/mol. The number of fused-ring (bicyclic) bond motifs is 2. The van der Waals surface area contributed by atoms with Gasteiger partial charge in [-0.3, -0.25) is 0 Å². The van der Waals surface area contributed by atoms with Crippen molar-refractivity contribution in [3.63, 3.8) is 0 Å². The summed E-state index contributed by atoms with van der Waals surface area (Å²) < 4.78 is 62.6. The highest BCUT2D eigenvalue weighted by molar-refractivity contribution is 7.91. The second-order valence-electron chi connectivity index (χ2n) is 5.49. The fraction of sp³-hybridized carbons (Fsp3) is 0. The van der Waals surface area contributed by atoms with Crippen molar-refractivity contribution in [2.45, 2.75) is 9.79 Å². The number of benzene rings is 2. The van der Waals surface area contributed by atoms with E-state index in [1.165, 1.54) is 0 Å². The van der Waals surface area contributed by atoms with Crippen molar-refractivity contribution in [2.24, 2.45) is 0 Å². The summed E-state index contributed by atoms with van der Waals surface area (Å²) in [4.78, 5) is 44.1. The van der Waals surface area contributed by atoms with Gasteiger partial charge in [-0.25, -0.2) is 36.4 Å². The van der Waals surface area contributed by atoms with Crippen LogP contribution in [0.1, 0.15) is 41.4 Å². The highest BCUT2D eigenvalue weighted by atomic mass is 32.2. The second kappa shape index (κ2) is 5.27. The molecule has 0 unspecified atom stereocenters. The van der Waals surface area contributed by atoms with Gasteiger partial charge in [0, 0.05) is 0 Å². The molecule has 27 heavy (non-hydrogen) atoms. The van der Waals surface area contributed by atoms with Crippen molar-refractivity contribution in [1.29, 1.82) is 0 Å². The SMILES string of the molecule is O=C1OC(=O)c2c(F)cc(S(=O)(=O)c3ccc4c(c3F)C(=O)OC4=O)cc21. The molecule has 0 spiro atoms. The molecule has 0 saturated heterocycles. The van der Waals surface area contributed by atoms with Crippen LogP contribution in [0.25, 0.3) is 0 Å². The van der Waals surface area contributed by atoms with Gasteiger partial charge in [0.2, 0.25) is 9.84 Å². The number of carbonyl (C=O) groups excluding carboxylic acids is 4. The van der Waals surface area contributed by atoms with Crippen molar-refractivity contribution in [3.8, 4) is 0 Å². The minimum Gasteiger partial charge on any atom is -0.386 e. The number of rotatable bonds is 2. The molecule has 4 rings (SSSR count). The maximum atomic E-state index is 14.6. The lowest BCUT2D eigenvalue weighted by molar-refractivity contribution is 0.0424. The molecule has 0 N–H and O–H groups in total. The van der Waals surface area contributed by atoms with Crippen LogP contribution < -0.4 is 0 Å². The predicted octanol–water partition coefficient (Wildman–Crippen LogP) is 1.42. The quantitative estimate of drug-likeness (QED) is 0.554. The first-order chi connectivity index (χ1) is 12.6. The number of hydrogen-bond donors (Lipinski definition) is 0. The Bertz CT molecular complexity index is 1230. The maximum absolute atomic E-state index is 14.6. The van der Waals surface area contributed by atoms with E-state index < -0.39 is 77.4 Å². The van der Waals surface area contributed by atoms with Crippen LogP contribution in [0.15, 0.2) is 34.1 Å². The van der Waals surface area contributed by atoms with Gasteiger partial charge in [0.15, 0.2) is 5.82 Å². The summed E-state index contributed by atoms with van der Waals surface area (Å²) in [6, 6.07) is 2.67. The Hall–Kier alpha value is -3.47. The Balaban J connectivity index is 1.93. The standard InChI is InChI=1S/C16H4F2O8S/c17-8-4-5(3-7-10(8)15(21)26-14(7)20)27(23,24)9-2-1-6-11(12(9)18)16(22)25-13(6)19/h1-4H. The van der Waals surface area contributed by atoms with Crippen molar-refractivity contribution < 1.29 is 45.9 Å². The molecule has 11 heteroatoms. The lowest BCUT2D eigenvalue weighted by Crippen LogP contribution is -2.10. The Labute approximate surface area is 148 Å². The monoisotopic (exact) mass is 394 g/mol. The van der Waals surface area contributed by atoms with Crippen molar-refractivity contribution in [1.82, 2.24) is 0 Å². The summed E-state index contributed by atoms with van der Waals surface area (Å²) in [7, 11) is -4.77. The van der Waals surface area contributed by atoms with E-state index in [4.69, 9.17) is 0 Å². The number of ether oxygens (including phenoxy) is 2. The van der Waals surface area contributed by atoms with Crippen molar-refractivity contribution in [3.05, 3.63) is 58.2 Å². The first-order valence-electron chi connectivity index (χ1n) is 7.07. The number of halogens is 2.